The van der Waals surface area contributed by atoms with Gasteiger partial charge in [0.25, 0.3) is 0 Å². The summed E-state index contributed by atoms with van der Waals surface area (Å²) in [6.07, 6.45) is 4.89. The molecule has 1 saturated heterocycles. The van der Waals surface area contributed by atoms with Gasteiger partial charge in [-0.05, 0) is 51.6 Å². The van der Waals surface area contributed by atoms with E-state index in [1.165, 1.54) is 38.8 Å². The smallest absolute Gasteiger partial charge is 0.0459 e. The third-order valence-electron chi connectivity index (χ3n) is 3.35. The number of hydrogen-bond donors (Lipinski definition) is 1. The number of hydrogen-bond acceptors (Lipinski definition) is 2. The molecule has 0 bridgehead atoms. The lowest BCUT2D eigenvalue weighted by molar-refractivity contribution is 0.191. The Morgan fingerprint density at radius 1 is 1.38 bits per heavy atom. The number of nitrogens with zero attached hydrogens (tertiary/aromatic N) is 1. The van der Waals surface area contributed by atoms with E-state index in [0.29, 0.717) is 12.5 Å². The molecule has 78 valence electrons. The zero-order valence-electron chi connectivity index (χ0n) is 9.00. The fourth-order valence-electron chi connectivity index (χ4n) is 2.07. The Bertz CT molecular complexity index is 138. The predicted molar refractivity (Wildman–Crippen MR) is 55.8 cm³/mol. The second-order valence-electron chi connectivity index (χ2n) is 4.27. The molecule has 2 nitrogen and oxygen atoms in total. The van der Waals surface area contributed by atoms with Crippen molar-refractivity contribution in [2.75, 3.05) is 19.7 Å². The van der Waals surface area contributed by atoms with Crippen molar-refractivity contribution < 1.29 is 5.11 Å². The third kappa shape index (κ3) is 3.28. The first-order valence-corrected chi connectivity index (χ1v) is 5.62. The molecule has 2 heteroatoms. The molecule has 1 fully saturated rings. The van der Waals surface area contributed by atoms with Gasteiger partial charge >= 0.3 is 0 Å². The summed E-state index contributed by atoms with van der Waals surface area (Å²) in [5.41, 5.74) is 0. The zero-order chi connectivity index (χ0) is 9.68. The highest BCUT2D eigenvalue weighted by atomic mass is 16.3. The van der Waals surface area contributed by atoms with Crippen molar-refractivity contribution in [3.05, 3.63) is 0 Å². The van der Waals surface area contributed by atoms with Crippen LogP contribution in [-0.4, -0.2) is 35.7 Å². The molecule has 1 heterocycles. The van der Waals surface area contributed by atoms with E-state index < -0.39 is 0 Å². The van der Waals surface area contributed by atoms with Gasteiger partial charge in [-0.1, -0.05) is 6.92 Å². The highest BCUT2D eigenvalue weighted by Gasteiger charge is 2.18. The fourth-order valence-corrected chi connectivity index (χ4v) is 2.07. The molecule has 2 atom stereocenters. The maximum Gasteiger partial charge on any atom is 0.0459 e. The van der Waals surface area contributed by atoms with Crippen LogP contribution in [0, 0.1) is 5.92 Å². The first-order chi connectivity index (χ1) is 6.27. The lowest BCUT2D eigenvalue weighted by Crippen LogP contribution is -2.33. The minimum Gasteiger partial charge on any atom is -0.396 e. The van der Waals surface area contributed by atoms with Crippen molar-refractivity contribution in [3.8, 4) is 0 Å². The maximum atomic E-state index is 9.08. The lowest BCUT2D eigenvalue weighted by atomic mass is 10.0. The molecule has 0 aromatic carbocycles. The van der Waals surface area contributed by atoms with E-state index in [9.17, 15) is 0 Å². The van der Waals surface area contributed by atoms with Crippen molar-refractivity contribution >= 4 is 0 Å². The minimum atomic E-state index is 0.383. The summed E-state index contributed by atoms with van der Waals surface area (Å²) in [6.45, 7) is 7.35. The van der Waals surface area contributed by atoms with Gasteiger partial charge in [0.1, 0.15) is 0 Å². The first-order valence-electron chi connectivity index (χ1n) is 5.62. The molecule has 0 aromatic heterocycles. The molecule has 1 aliphatic heterocycles. The molecule has 0 aliphatic carbocycles. The van der Waals surface area contributed by atoms with Gasteiger partial charge in [-0.15, -0.1) is 0 Å². The summed E-state index contributed by atoms with van der Waals surface area (Å²) in [5.74, 6) is 0.564. The van der Waals surface area contributed by atoms with E-state index in [-0.39, 0.29) is 0 Å². The number of likely N-dealkylation sites (tertiary alicyclic amines) is 1. The van der Waals surface area contributed by atoms with E-state index in [4.69, 9.17) is 5.11 Å². The Balaban J connectivity index is 2.35. The third-order valence-corrected chi connectivity index (χ3v) is 3.35. The summed E-state index contributed by atoms with van der Waals surface area (Å²) in [6, 6.07) is 0.720. The van der Waals surface area contributed by atoms with Crippen LogP contribution in [0.1, 0.15) is 39.5 Å². The van der Waals surface area contributed by atoms with Crippen LogP contribution in [0.5, 0.6) is 0 Å². The molecule has 1 N–H and O–H groups in total. The van der Waals surface area contributed by atoms with Crippen LogP contribution >= 0.6 is 0 Å². The van der Waals surface area contributed by atoms with Crippen LogP contribution in [-0.2, 0) is 0 Å². The molecule has 0 spiro atoms. The van der Waals surface area contributed by atoms with Crippen LogP contribution in [0.25, 0.3) is 0 Å². The van der Waals surface area contributed by atoms with Gasteiger partial charge in [-0.3, -0.25) is 0 Å². The Hall–Kier alpha value is -0.0800. The molecule has 0 saturated carbocycles. The molecule has 1 rings (SSSR count). The molecular formula is C11H23NO. The van der Waals surface area contributed by atoms with Gasteiger partial charge < -0.3 is 10.0 Å². The SMILES string of the molecule is CCC(C)N1CCCC(CO)CC1. The summed E-state index contributed by atoms with van der Waals surface area (Å²) in [5, 5.41) is 9.08. The quantitative estimate of drug-likeness (QED) is 0.725. The van der Waals surface area contributed by atoms with Crippen LogP contribution < -0.4 is 0 Å². The van der Waals surface area contributed by atoms with E-state index in [1.807, 2.05) is 0 Å². The van der Waals surface area contributed by atoms with Crippen LogP contribution in [0.15, 0.2) is 0 Å². The summed E-state index contributed by atoms with van der Waals surface area (Å²) in [4.78, 5) is 2.57. The largest absolute Gasteiger partial charge is 0.396 e. The number of rotatable bonds is 3. The predicted octanol–water partition coefficient (Wildman–Crippen LogP) is 1.88. The van der Waals surface area contributed by atoms with Gasteiger partial charge in [0.2, 0.25) is 0 Å². The van der Waals surface area contributed by atoms with E-state index in [0.717, 1.165) is 6.04 Å². The molecule has 2 unspecified atom stereocenters. The Labute approximate surface area is 81.9 Å². The zero-order valence-corrected chi connectivity index (χ0v) is 9.00. The molecule has 0 aromatic rings. The molecule has 0 amide bonds. The Morgan fingerprint density at radius 2 is 2.15 bits per heavy atom. The van der Waals surface area contributed by atoms with Crippen LogP contribution in [0.3, 0.4) is 0 Å². The van der Waals surface area contributed by atoms with Gasteiger partial charge in [0.05, 0.1) is 0 Å². The highest BCUT2D eigenvalue weighted by molar-refractivity contribution is 4.73. The van der Waals surface area contributed by atoms with Crippen LogP contribution in [0.4, 0.5) is 0 Å². The van der Waals surface area contributed by atoms with E-state index in [2.05, 4.69) is 18.7 Å². The Kier molecular flexibility index (Phi) is 4.74. The van der Waals surface area contributed by atoms with Gasteiger partial charge in [0.15, 0.2) is 0 Å². The standard InChI is InChI=1S/C11H23NO/c1-3-10(2)12-7-4-5-11(9-13)6-8-12/h10-11,13H,3-9H2,1-2H3. The second-order valence-corrected chi connectivity index (χ2v) is 4.27. The molecule has 0 radical (unpaired) electrons. The van der Waals surface area contributed by atoms with Crippen molar-refractivity contribution in [2.24, 2.45) is 5.92 Å². The number of aliphatic hydroxyl groups is 1. The van der Waals surface area contributed by atoms with Crippen LogP contribution in [0.2, 0.25) is 0 Å². The highest BCUT2D eigenvalue weighted by Crippen LogP contribution is 2.18. The monoisotopic (exact) mass is 185 g/mol. The first kappa shape index (κ1) is 11.0. The summed E-state index contributed by atoms with van der Waals surface area (Å²) in [7, 11) is 0. The van der Waals surface area contributed by atoms with Crippen molar-refractivity contribution in [1.82, 2.24) is 4.90 Å². The topological polar surface area (TPSA) is 23.5 Å². The molecule has 1 aliphatic rings. The van der Waals surface area contributed by atoms with Gasteiger partial charge in [-0.2, -0.15) is 0 Å². The summed E-state index contributed by atoms with van der Waals surface area (Å²) >= 11 is 0. The second kappa shape index (κ2) is 5.61. The number of aliphatic hydroxyl groups excluding tert-OH is 1. The van der Waals surface area contributed by atoms with Crippen molar-refractivity contribution in [2.45, 2.75) is 45.6 Å². The maximum absolute atomic E-state index is 9.08. The van der Waals surface area contributed by atoms with E-state index in [1.54, 1.807) is 0 Å². The van der Waals surface area contributed by atoms with E-state index >= 15 is 0 Å². The minimum absolute atomic E-state index is 0.383. The molecular weight excluding hydrogens is 162 g/mol. The average molecular weight is 185 g/mol. The normalized spacial score (nSPS) is 28.4. The Morgan fingerprint density at radius 3 is 2.77 bits per heavy atom. The van der Waals surface area contributed by atoms with Crippen molar-refractivity contribution in [3.63, 3.8) is 0 Å². The lowest BCUT2D eigenvalue weighted by Gasteiger charge is -2.26. The average Bonchev–Trinajstić information content (AvgIpc) is 2.41. The van der Waals surface area contributed by atoms with Gasteiger partial charge in [0, 0.05) is 12.6 Å². The van der Waals surface area contributed by atoms with Gasteiger partial charge in [-0.25, -0.2) is 0 Å². The van der Waals surface area contributed by atoms with Crippen molar-refractivity contribution in [1.29, 1.82) is 0 Å². The molecule has 13 heavy (non-hydrogen) atoms. The fraction of sp³-hybridized carbons (Fsp3) is 1.00. The summed E-state index contributed by atoms with van der Waals surface area (Å²) < 4.78 is 0.